The van der Waals surface area contributed by atoms with Crippen molar-refractivity contribution in [3.63, 3.8) is 0 Å². The number of carbonyl (C=O) groups is 1. The number of carbonyl (C=O) groups excluding carboxylic acids is 1. The molecule has 0 saturated heterocycles. The Hall–Kier alpha value is -3.09. The Labute approximate surface area is 168 Å². The van der Waals surface area contributed by atoms with Crippen LogP contribution in [0.1, 0.15) is 30.5 Å². The average molecular weight is 391 g/mol. The van der Waals surface area contributed by atoms with Gasteiger partial charge in [-0.05, 0) is 55.9 Å². The van der Waals surface area contributed by atoms with E-state index in [4.69, 9.17) is 0 Å². The van der Waals surface area contributed by atoms with Crippen molar-refractivity contribution in [1.82, 2.24) is 19.7 Å². The summed E-state index contributed by atoms with van der Waals surface area (Å²) in [5.41, 5.74) is 3.49. The second-order valence-electron chi connectivity index (χ2n) is 8.22. The van der Waals surface area contributed by atoms with E-state index in [1.807, 2.05) is 42.9 Å². The molecule has 3 aliphatic carbocycles. The van der Waals surface area contributed by atoms with Crippen LogP contribution in [0.3, 0.4) is 0 Å². The van der Waals surface area contributed by atoms with Gasteiger partial charge in [-0.15, -0.1) is 0 Å². The molecule has 1 N–H and O–H groups in total. The lowest BCUT2D eigenvalue weighted by Gasteiger charge is -2.46. The molecule has 0 radical (unpaired) electrons. The van der Waals surface area contributed by atoms with E-state index in [2.05, 4.69) is 20.4 Å². The van der Waals surface area contributed by atoms with Gasteiger partial charge in [-0.25, -0.2) is 14.4 Å². The van der Waals surface area contributed by atoms with E-state index in [1.165, 1.54) is 0 Å². The smallest absolute Gasteiger partial charge is 0.228 e. The van der Waals surface area contributed by atoms with E-state index in [1.54, 1.807) is 6.20 Å². The standard InChI is InChI=1S/C22H22FN5O/c1-13-3-4-16(9-17(13)20-24-11-15(23)12-25-20)27-21(29)19-14-5-7-22(19,10-14)18-6-8-26-28(18)2/h3-4,6,8-9,11-12,14,19H,5,7,10H2,1-2H3,(H,27,29)/t14-,19?,22?/m1/s1. The Morgan fingerprint density at radius 3 is 2.76 bits per heavy atom. The van der Waals surface area contributed by atoms with Gasteiger partial charge in [0.25, 0.3) is 0 Å². The first-order valence-corrected chi connectivity index (χ1v) is 9.86. The van der Waals surface area contributed by atoms with Gasteiger partial charge in [0.1, 0.15) is 0 Å². The quantitative estimate of drug-likeness (QED) is 0.737. The number of hydrogen-bond donors (Lipinski definition) is 1. The molecule has 2 bridgehead atoms. The Morgan fingerprint density at radius 1 is 1.28 bits per heavy atom. The first kappa shape index (κ1) is 18.0. The molecule has 6 nitrogen and oxygen atoms in total. The van der Waals surface area contributed by atoms with Crippen molar-refractivity contribution in [3.05, 3.63) is 59.9 Å². The number of rotatable bonds is 4. The SMILES string of the molecule is Cc1ccc(NC(=O)C2[C@@H]3CCC2(c2ccnn2C)C3)cc1-c1ncc(F)cn1. The summed E-state index contributed by atoms with van der Waals surface area (Å²) in [6.45, 7) is 1.94. The zero-order valence-electron chi connectivity index (χ0n) is 16.4. The fourth-order valence-corrected chi connectivity index (χ4v) is 5.30. The monoisotopic (exact) mass is 391 g/mol. The summed E-state index contributed by atoms with van der Waals surface area (Å²) < 4.78 is 15.1. The number of amides is 1. The van der Waals surface area contributed by atoms with Crippen molar-refractivity contribution in [2.75, 3.05) is 5.32 Å². The van der Waals surface area contributed by atoms with Gasteiger partial charge in [0, 0.05) is 35.6 Å². The highest BCUT2D eigenvalue weighted by molar-refractivity contribution is 5.95. The van der Waals surface area contributed by atoms with Crippen molar-refractivity contribution < 1.29 is 9.18 Å². The van der Waals surface area contributed by atoms with Gasteiger partial charge >= 0.3 is 0 Å². The lowest BCUT2D eigenvalue weighted by Crippen LogP contribution is -2.51. The van der Waals surface area contributed by atoms with Crippen LogP contribution in [-0.2, 0) is 17.3 Å². The molecule has 7 heteroatoms. The highest BCUT2D eigenvalue weighted by atomic mass is 19.1. The van der Waals surface area contributed by atoms with Gasteiger partial charge in [0.2, 0.25) is 5.91 Å². The lowest BCUT2D eigenvalue weighted by molar-refractivity contribution is -0.127. The fraction of sp³-hybridized carbons (Fsp3) is 0.364. The number of anilines is 1. The summed E-state index contributed by atoms with van der Waals surface area (Å²) in [5.74, 6) is 0.404. The summed E-state index contributed by atoms with van der Waals surface area (Å²) >= 11 is 0. The first-order chi connectivity index (χ1) is 14.0. The summed E-state index contributed by atoms with van der Waals surface area (Å²) in [4.78, 5) is 21.4. The Balaban J connectivity index is 1.41. The maximum absolute atomic E-state index is 13.2. The third kappa shape index (κ3) is 2.75. The topological polar surface area (TPSA) is 72.7 Å². The van der Waals surface area contributed by atoms with Crippen LogP contribution < -0.4 is 5.32 Å². The largest absolute Gasteiger partial charge is 0.326 e. The third-order valence-electron chi connectivity index (χ3n) is 6.63. The molecule has 1 amide bonds. The zero-order valence-corrected chi connectivity index (χ0v) is 16.4. The van der Waals surface area contributed by atoms with E-state index in [9.17, 15) is 9.18 Å². The summed E-state index contributed by atoms with van der Waals surface area (Å²) in [5, 5.41) is 7.42. The van der Waals surface area contributed by atoms with Crippen molar-refractivity contribution >= 4 is 11.6 Å². The van der Waals surface area contributed by atoms with E-state index < -0.39 is 5.82 Å². The van der Waals surface area contributed by atoms with Crippen LogP contribution in [0.25, 0.3) is 11.4 Å². The molecule has 1 aromatic carbocycles. The molecule has 0 aliphatic heterocycles. The summed E-state index contributed by atoms with van der Waals surface area (Å²) in [7, 11) is 1.94. The van der Waals surface area contributed by atoms with Crippen molar-refractivity contribution in [2.45, 2.75) is 31.6 Å². The molecule has 3 aromatic rings. The lowest BCUT2D eigenvalue weighted by atomic mass is 9.58. The van der Waals surface area contributed by atoms with Gasteiger partial charge in [0.15, 0.2) is 11.6 Å². The molecule has 6 rings (SSSR count). The fourth-order valence-electron chi connectivity index (χ4n) is 5.30. The van der Waals surface area contributed by atoms with Crippen molar-refractivity contribution in [3.8, 4) is 11.4 Å². The number of nitrogens with one attached hydrogen (secondary N) is 1. The number of aryl methyl sites for hydroxylation is 2. The molecule has 2 unspecified atom stereocenters. The van der Waals surface area contributed by atoms with Crippen LogP contribution in [0.2, 0.25) is 0 Å². The van der Waals surface area contributed by atoms with Gasteiger partial charge in [0.05, 0.1) is 18.3 Å². The molecule has 3 aliphatic rings. The third-order valence-corrected chi connectivity index (χ3v) is 6.63. The van der Waals surface area contributed by atoms with Crippen LogP contribution in [0.5, 0.6) is 0 Å². The molecular weight excluding hydrogens is 369 g/mol. The first-order valence-electron chi connectivity index (χ1n) is 9.86. The van der Waals surface area contributed by atoms with E-state index in [0.29, 0.717) is 17.4 Å². The number of aromatic nitrogens is 4. The highest BCUT2D eigenvalue weighted by Gasteiger charge is 2.63. The van der Waals surface area contributed by atoms with Crippen molar-refractivity contribution in [2.24, 2.45) is 18.9 Å². The number of hydrogen-bond acceptors (Lipinski definition) is 4. The van der Waals surface area contributed by atoms with Gasteiger partial charge in [-0.3, -0.25) is 9.48 Å². The van der Waals surface area contributed by atoms with E-state index in [0.717, 1.165) is 48.5 Å². The van der Waals surface area contributed by atoms with Gasteiger partial charge < -0.3 is 5.32 Å². The van der Waals surface area contributed by atoms with Crippen molar-refractivity contribution in [1.29, 1.82) is 0 Å². The maximum Gasteiger partial charge on any atom is 0.228 e. The number of benzene rings is 1. The van der Waals surface area contributed by atoms with Gasteiger partial charge in [-0.2, -0.15) is 5.10 Å². The Morgan fingerprint density at radius 2 is 2.07 bits per heavy atom. The van der Waals surface area contributed by atoms with Gasteiger partial charge in [-0.1, -0.05) is 6.07 Å². The average Bonchev–Trinajstić information content (AvgIpc) is 3.39. The minimum absolute atomic E-state index is 0.0373. The predicted molar refractivity (Wildman–Crippen MR) is 107 cm³/mol. The molecule has 29 heavy (non-hydrogen) atoms. The summed E-state index contributed by atoms with van der Waals surface area (Å²) in [6, 6.07) is 7.71. The molecule has 3 saturated carbocycles. The molecule has 148 valence electrons. The molecule has 2 aromatic heterocycles. The Bertz CT molecular complexity index is 1090. The number of halogens is 1. The van der Waals surface area contributed by atoms with Crippen LogP contribution in [0.4, 0.5) is 10.1 Å². The molecular formula is C22H22FN5O. The molecule has 3 atom stereocenters. The normalized spacial score (nSPS) is 24.9. The molecule has 3 fully saturated rings. The predicted octanol–water partition coefficient (Wildman–Crippen LogP) is 3.63. The maximum atomic E-state index is 13.2. The van der Waals surface area contributed by atoms with Crippen LogP contribution >= 0.6 is 0 Å². The second kappa shape index (κ2) is 6.47. The van der Waals surface area contributed by atoms with E-state index in [-0.39, 0.29) is 17.2 Å². The van der Waals surface area contributed by atoms with Crippen LogP contribution in [0, 0.1) is 24.6 Å². The van der Waals surface area contributed by atoms with Crippen LogP contribution in [0.15, 0.2) is 42.9 Å². The second-order valence-corrected chi connectivity index (χ2v) is 8.22. The minimum Gasteiger partial charge on any atom is -0.326 e. The minimum atomic E-state index is -0.475. The number of fused-ring (bicyclic) bond motifs is 1. The summed E-state index contributed by atoms with van der Waals surface area (Å²) in [6.07, 6.45) is 7.25. The number of nitrogens with zero attached hydrogens (tertiary/aromatic N) is 4. The molecule has 2 heterocycles. The van der Waals surface area contributed by atoms with Crippen LogP contribution in [-0.4, -0.2) is 25.7 Å². The highest BCUT2D eigenvalue weighted by Crippen LogP contribution is 2.64. The zero-order chi connectivity index (χ0) is 20.2. The van der Waals surface area contributed by atoms with E-state index >= 15 is 0 Å². The Kier molecular flexibility index (Phi) is 4.01. The molecule has 0 spiro atoms.